The second-order valence-electron chi connectivity index (χ2n) is 9.39. The molecular formula is C24H32O5. The van der Waals surface area contributed by atoms with E-state index >= 15 is 0 Å². The van der Waals surface area contributed by atoms with Gasteiger partial charge in [0.25, 0.3) is 0 Å². The van der Waals surface area contributed by atoms with Gasteiger partial charge in [0, 0.05) is 11.8 Å². The molecule has 4 aliphatic carbocycles. The van der Waals surface area contributed by atoms with Gasteiger partial charge in [0.1, 0.15) is 18.0 Å². The third-order valence-electron chi connectivity index (χ3n) is 7.61. The highest BCUT2D eigenvalue weighted by atomic mass is 17.2. The summed E-state index contributed by atoms with van der Waals surface area (Å²) >= 11 is 0. The van der Waals surface area contributed by atoms with E-state index in [1.54, 1.807) is 0 Å². The first-order chi connectivity index (χ1) is 14.1. The van der Waals surface area contributed by atoms with Gasteiger partial charge in [0.2, 0.25) is 5.79 Å². The van der Waals surface area contributed by atoms with Crippen LogP contribution in [0.4, 0.5) is 0 Å². The van der Waals surface area contributed by atoms with Gasteiger partial charge in [-0.1, -0.05) is 25.6 Å². The minimum atomic E-state index is -0.526. The maximum Gasteiger partial charge on any atom is 0.207 e. The minimum absolute atomic E-state index is 0.0147. The van der Waals surface area contributed by atoms with Crippen molar-refractivity contribution in [3.05, 3.63) is 36.4 Å². The van der Waals surface area contributed by atoms with Crippen LogP contribution in [0.25, 0.3) is 5.57 Å². The largest absolute Gasteiger partial charge is 0.488 e. The Morgan fingerprint density at radius 1 is 1.14 bits per heavy atom. The van der Waals surface area contributed by atoms with Crippen molar-refractivity contribution in [1.82, 2.24) is 0 Å². The lowest BCUT2D eigenvalue weighted by Gasteiger charge is -2.60. The Hall–Kier alpha value is -1.40. The van der Waals surface area contributed by atoms with Gasteiger partial charge < -0.3 is 14.6 Å². The van der Waals surface area contributed by atoms with Crippen molar-refractivity contribution in [3.63, 3.8) is 0 Å². The zero-order valence-corrected chi connectivity index (χ0v) is 17.2. The first kappa shape index (κ1) is 19.6. The average Bonchev–Trinajstić information content (AvgIpc) is 2.76. The molecule has 0 amide bonds. The SMILES string of the molecule is C=C(c1ccc(OC(CC)CO)cc1)C1COC2(OO1)C1CC3CC(C1)CC2C3. The molecule has 158 valence electrons. The van der Waals surface area contributed by atoms with E-state index in [9.17, 15) is 5.11 Å². The minimum Gasteiger partial charge on any atom is -0.488 e. The Kier molecular flexibility index (Phi) is 5.19. The van der Waals surface area contributed by atoms with Crippen molar-refractivity contribution in [2.24, 2.45) is 23.7 Å². The molecule has 4 bridgehead atoms. The van der Waals surface area contributed by atoms with E-state index in [0.717, 1.165) is 35.1 Å². The molecule has 1 saturated heterocycles. The van der Waals surface area contributed by atoms with Crippen molar-refractivity contribution in [2.45, 2.75) is 63.4 Å². The lowest BCUT2D eigenvalue weighted by molar-refractivity contribution is -0.517. The molecule has 6 rings (SSSR count). The fraction of sp³-hybridized carbons (Fsp3) is 0.667. The second kappa shape index (κ2) is 7.69. The van der Waals surface area contributed by atoms with Gasteiger partial charge >= 0.3 is 0 Å². The van der Waals surface area contributed by atoms with Gasteiger partial charge in [0.05, 0.1) is 13.2 Å². The normalized spacial score (nSPS) is 38.9. The molecule has 1 aromatic rings. The highest BCUT2D eigenvalue weighted by molar-refractivity contribution is 5.67. The molecule has 2 unspecified atom stereocenters. The van der Waals surface area contributed by atoms with E-state index in [0.29, 0.717) is 18.4 Å². The lowest BCUT2D eigenvalue weighted by Crippen LogP contribution is -2.63. The summed E-state index contributed by atoms with van der Waals surface area (Å²) in [6, 6.07) is 7.75. The van der Waals surface area contributed by atoms with Gasteiger partial charge in [-0.05, 0) is 73.6 Å². The predicted molar refractivity (Wildman–Crippen MR) is 109 cm³/mol. The molecule has 0 radical (unpaired) electrons. The van der Waals surface area contributed by atoms with E-state index in [4.69, 9.17) is 19.2 Å². The van der Waals surface area contributed by atoms with Crippen LogP contribution in [-0.4, -0.2) is 36.3 Å². The highest BCUT2D eigenvalue weighted by Gasteiger charge is 2.61. The summed E-state index contributed by atoms with van der Waals surface area (Å²) in [4.78, 5) is 12.0. The number of aliphatic hydroxyl groups excluding tert-OH is 1. The van der Waals surface area contributed by atoms with Crippen LogP contribution in [0.1, 0.15) is 51.0 Å². The third kappa shape index (κ3) is 3.42. The molecule has 2 atom stereocenters. The van der Waals surface area contributed by atoms with Crippen LogP contribution in [0.5, 0.6) is 5.75 Å². The van der Waals surface area contributed by atoms with Crippen molar-refractivity contribution < 1.29 is 24.4 Å². The van der Waals surface area contributed by atoms with Gasteiger partial charge in [-0.25, -0.2) is 4.89 Å². The van der Waals surface area contributed by atoms with Crippen LogP contribution < -0.4 is 4.74 Å². The van der Waals surface area contributed by atoms with Crippen LogP contribution in [-0.2, 0) is 14.5 Å². The molecule has 1 N–H and O–H groups in total. The molecule has 4 saturated carbocycles. The third-order valence-corrected chi connectivity index (χ3v) is 7.61. The number of hydrogen-bond donors (Lipinski definition) is 1. The van der Waals surface area contributed by atoms with E-state index in [1.807, 2.05) is 31.2 Å². The summed E-state index contributed by atoms with van der Waals surface area (Å²) in [6.45, 7) is 6.73. The number of aliphatic hydroxyl groups is 1. The summed E-state index contributed by atoms with van der Waals surface area (Å²) in [7, 11) is 0. The van der Waals surface area contributed by atoms with Crippen molar-refractivity contribution >= 4 is 5.57 Å². The van der Waals surface area contributed by atoms with Crippen LogP contribution in [0.2, 0.25) is 0 Å². The van der Waals surface area contributed by atoms with Crippen LogP contribution in [0, 0.1) is 23.7 Å². The van der Waals surface area contributed by atoms with E-state index in [-0.39, 0.29) is 18.8 Å². The molecular weight excluding hydrogens is 368 g/mol. The van der Waals surface area contributed by atoms with Crippen molar-refractivity contribution in [1.29, 1.82) is 0 Å². The summed E-state index contributed by atoms with van der Waals surface area (Å²) < 4.78 is 12.2. The Balaban J connectivity index is 1.22. The molecule has 5 nitrogen and oxygen atoms in total. The fourth-order valence-electron chi connectivity index (χ4n) is 6.14. The van der Waals surface area contributed by atoms with Gasteiger partial charge in [-0.2, -0.15) is 4.89 Å². The summed E-state index contributed by atoms with van der Waals surface area (Å²) in [6.07, 6.45) is 6.56. The van der Waals surface area contributed by atoms with Crippen LogP contribution >= 0.6 is 0 Å². The molecule has 5 heteroatoms. The molecule has 1 aromatic carbocycles. The number of hydrogen-bond acceptors (Lipinski definition) is 5. The van der Waals surface area contributed by atoms with E-state index in [2.05, 4.69) is 6.58 Å². The molecule has 5 fully saturated rings. The zero-order valence-electron chi connectivity index (χ0n) is 17.2. The Morgan fingerprint density at radius 2 is 1.79 bits per heavy atom. The van der Waals surface area contributed by atoms with Crippen molar-refractivity contribution in [2.75, 3.05) is 13.2 Å². The quantitative estimate of drug-likeness (QED) is 0.720. The molecule has 1 spiro atoms. The smallest absolute Gasteiger partial charge is 0.207 e. The number of ether oxygens (including phenoxy) is 2. The first-order valence-corrected chi connectivity index (χ1v) is 11.2. The van der Waals surface area contributed by atoms with E-state index < -0.39 is 5.79 Å². The predicted octanol–water partition coefficient (Wildman–Crippen LogP) is 4.35. The zero-order chi connectivity index (χ0) is 20.0. The molecule has 1 heterocycles. The molecule has 5 aliphatic rings. The standard InChI is InChI=1S/C24H32O5/c1-3-21(13-25)27-22-6-4-18(5-7-22)15(2)23-14-26-24(29-28-23)19-9-16-8-17(11-19)12-20(24)10-16/h4-7,16-17,19-21,23,25H,2-3,8-14H2,1H3. The van der Waals surface area contributed by atoms with E-state index in [1.165, 1.54) is 32.1 Å². The fourth-order valence-corrected chi connectivity index (χ4v) is 6.14. The summed E-state index contributed by atoms with van der Waals surface area (Å²) in [5, 5.41) is 9.30. The van der Waals surface area contributed by atoms with Crippen LogP contribution in [0.3, 0.4) is 0 Å². The van der Waals surface area contributed by atoms with Crippen LogP contribution in [0.15, 0.2) is 30.8 Å². The Morgan fingerprint density at radius 3 is 2.31 bits per heavy atom. The summed E-state index contributed by atoms with van der Waals surface area (Å²) in [5.74, 6) is 2.89. The lowest BCUT2D eigenvalue weighted by atomic mass is 9.53. The van der Waals surface area contributed by atoms with Gasteiger partial charge in [-0.3, -0.25) is 0 Å². The van der Waals surface area contributed by atoms with Crippen molar-refractivity contribution in [3.8, 4) is 5.75 Å². The molecule has 0 aromatic heterocycles. The maximum absolute atomic E-state index is 9.30. The molecule has 1 aliphatic heterocycles. The number of benzene rings is 1. The molecule has 29 heavy (non-hydrogen) atoms. The number of rotatable bonds is 6. The first-order valence-electron chi connectivity index (χ1n) is 11.2. The Bertz CT molecular complexity index is 700. The highest BCUT2D eigenvalue weighted by Crippen LogP contribution is 2.60. The van der Waals surface area contributed by atoms with Gasteiger partial charge in [0.15, 0.2) is 0 Å². The topological polar surface area (TPSA) is 57.2 Å². The maximum atomic E-state index is 9.30. The average molecular weight is 401 g/mol. The monoisotopic (exact) mass is 400 g/mol. The summed E-state index contributed by atoms with van der Waals surface area (Å²) in [5.41, 5.74) is 1.83. The van der Waals surface area contributed by atoms with Gasteiger partial charge in [-0.15, -0.1) is 0 Å². The Labute approximate surface area is 172 Å². The second-order valence-corrected chi connectivity index (χ2v) is 9.39.